The molecule has 1 saturated carbocycles. The van der Waals surface area contributed by atoms with Crippen LogP contribution in [0.4, 0.5) is 0 Å². The van der Waals surface area contributed by atoms with Crippen LogP contribution in [0.15, 0.2) is 35.9 Å². The lowest BCUT2D eigenvalue weighted by atomic mass is 9.67. The number of hydrogen-bond donors (Lipinski definition) is 2. The average molecular weight is 358 g/mol. The SMILES string of the molecule is CC1=CC[C@@]2(C)CC[C@@](O)(C(C)C)[C@@H]2[C@H](OC(=O)c2ccc(O)cc2)C1. The lowest BCUT2D eigenvalue weighted by Crippen LogP contribution is -2.50. The van der Waals surface area contributed by atoms with Gasteiger partial charge in [0.15, 0.2) is 0 Å². The first kappa shape index (κ1) is 19.0. The van der Waals surface area contributed by atoms with Gasteiger partial charge in [-0.25, -0.2) is 4.79 Å². The zero-order valence-electron chi connectivity index (χ0n) is 16.2. The summed E-state index contributed by atoms with van der Waals surface area (Å²) in [5, 5.41) is 20.9. The Hall–Kier alpha value is -1.81. The number of aliphatic hydroxyl groups is 1. The van der Waals surface area contributed by atoms with Gasteiger partial charge in [0.05, 0.1) is 11.2 Å². The molecular weight excluding hydrogens is 328 g/mol. The number of rotatable bonds is 3. The first-order chi connectivity index (χ1) is 12.2. The molecule has 2 aliphatic carbocycles. The van der Waals surface area contributed by atoms with Crippen LogP contribution in [0.1, 0.15) is 63.7 Å². The zero-order chi connectivity index (χ0) is 19.1. The van der Waals surface area contributed by atoms with Crippen molar-refractivity contribution in [3.05, 3.63) is 41.5 Å². The van der Waals surface area contributed by atoms with Gasteiger partial charge in [0.1, 0.15) is 11.9 Å². The third kappa shape index (κ3) is 3.27. The number of hydrogen-bond acceptors (Lipinski definition) is 4. The molecule has 0 bridgehead atoms. The second-order valence-electron chi connectivity index (χ2n) is 8.73. The van der Waals surface area contributed by atoms with Gasteiger partial charge in [-0.1, -0.05) is 32.4 Å². The number of phenols is 1. The molecule has 2 N–H and O–H groups in total. The summed E-state index contributed by atoms with van der Waals surface area (Å²) in [6.45, 7) is 8.39. The van der Waals surface area contributed by atoms with E-state index in [1.54, 1.807) is 12.1 Å². The molecule has 0 heterocycles. The minimum absolute atomic E-state index is 0.0727. The van der Waals surface area contributed by atoms with Crippen LogP contribution in [0, 0.1) is 17.3 Å². The van der Waals surface area contributed by atoms with E-state index in [4.69, 9.17) is 4.74 Å². The number of carbonyl (C=O) groups is 1. The van der Waals surface area contributed by atoms with Gasteiger partial charge in [-0.15, -0.1) is 0 Å². The average Bonchev–Trinajstić information content (AvgIpc) is 2.78. The molecule has 142 valence electrons. The van der Waals surface area contributed by atoms with Crippen LogP contribution in [-0.4, -0.2) is 27.9 Å². The molecule has 4 heteroatoms. The Kier molecular flexibility index (Phi) is 4.91. The van der Waals surface area contributed by atoms with Crippen LogP contribution in [-0.2, 0) is 4.74 Å². The van der Waals surface area contributed by atoms with Crippen molar-refractivity contribution in [3.63, 3.8) is 0 Å². The van der Waals surface area contributed by atoms with Gasteiger partial charge in [0.25, 0.3) is 0 Å². The van der Waals surface area contributed by atoms with E-state index in [1.165, 1.54) is 17.7 Å². The minimum atomic E-state index is -0.826. The Labute approximate surface area is 155 Å². The molecule has 4 atom stereocenters. The summed E-state index contributed by atoms with van der Waals surface area (Å²) in [4.78, 5) is 12.7. The summed E-state index contributed by atoms with van der Waals surface area (Å²) in [7, 11) is 0. The third-order valence-electron chi connectivity index (χ3n) is 6.56. The summed E-state index contributed by atoms with van der Waals surface area (Å²) in [6.07, 6.45) is 5.13. The standard InChI is InChI=1S/C22H30O4/c1-14(2)22(25)12-11-21(4)10-9-15(3)13-18(19(21)22)26-20(24)16-5-7-17(23)8-6-16/h5-9,14,18-19,23,25H,10-13H2,1-4H3/t18-,19-,21+,22-/m1/s1. The number of allylic oxidation sites excluding steroid dienone is 1. The molecule has 1 aromatic carbocycles. The van der Waals surface area contributed by atoms with E-state index < -0.39 is 11.6 Å². The number of fused-ring (bicyclic) bond motifs is 1. The fraction of sp³-hybridized carbons (Fsp3) is 0.591. The lowest BCUT2D eigenvalue weighted by Gasteiger charge is -2.43. The Morgan fingerprint density at radius 3 is 2.50 bits per heavy atom. The predicted molar refractivity (Wildman–Crippen MR) is 101 cm³/mol. The Morgan fingerprint density at radius 2 is 1.88 bits per heavy atom. The second-order valence-corrected chi connectivity index (χ2v) is 8.73. The molecule has 4 nitrogen and oxygen atoms in total. The fourth-order valence-electron chi connectivity index (χ4n) is 4.89. The largest absolute Gasteiger partial charge is 0.508 e. The zero-order valence-corrected chi connectivity index (χ0v) is 16.2. The van der Waals surface area contributed by atoms with E-state index >= 15 is 0 Å². The van der Waals surface area contributed by atoms with Gasteiger partial charge in [0.2, 0.25) is 0 Å². The summed E-state index contributed by atoms with van der Waals surface area (Å²) in [5.74, 6) is -0.273. The Balaban J connectivity index is 1.92. The van der Waals surface area contributed by atoms with E-state index in [0.717, 1.165) is 19.3 Å². The smallest absolute Gasteiger partial charge is 0.338 e. The highest BCUT2D eigenvalue weighted by molar-refractivity contribution is 5.89. The number of esters is 1. The van der Waals surface area contributed by atoms with Crippen LogP contribution >= 0.6 is 0 Å². The number of ether oxygens (including phenoxy) is 1. The van der Waals surface area contributed by atoms with E-state index in [-0.39, 0.29) is 29.1 Å². The maximum atomic E-state index is 12.7. The monoisotopic (exact) mass is 358 g/mol. The second kappa shape index (κ2) is 6.73. The first-order valence-electron chi connectivity index (χ1n) is 9.54. The van der Waals surface area contributed by atoms with Crippen molar-refractivity contribution >= 4 is 5.97 Å². The van der Waals surface area contributed by atoms with Crippen molar-refractivity contribution < 1.29 is 19.7 Å². The molecule has 0 saturated heterocycles. The van der Waals surface area contributed by atoms with Gasteiger partial charge in [0, 0.05) is 12.3 Å². The summed E-state index contributed by atoms with van der Waals surface area (Å²) >= 11 is 0. The molecule has 26 heavy (non-hydrogen) atoms. The molecule has 0 unspecified atom stereocenters. The Bertz CT molecular complexity index is 705. The maximum Gasteiger partial charge on any atom is 0.338 e. The van der Waals surface area contributed by atoms with E-state index in [0.29, 0.717) is 12.0 Å². The van der Waals surface area contributed by atoms with Crippen LogP contribution < -0.4 is 0 Å². The highest BCUT2D eigenvalue weighted by Crippen LogP contribution is 2.58. The molecule has 0 radical (unpaired) electrons. The molecule has 1 aromatic rings. The van der Waals surface area contributed by atoms with Crippen molar-refractivity contribution in [2.45, 2.75) is 65.1 Å². The highest BCUT2D eigenvalue weighted by Gasteiger charge is 2.59. The normalized spacial score (nSPS) is 34.2. The van der Waals surface area contributed by atoms with E-state index in [9.17, 15) is 15.0 Å². The molecule has 3 rings (SSSR count). The lowest BCUT2D eigenvalue weighted by molar-refractivity contribution is -0.112. The molecule has 1 fully saturated rings. The van der Waals surface area contributed by atoms with Gasteiger partial charge in [-0.3, -0.25) is 0 Å². The maximum absolute atomic E-state index is 12.7. The van der Waals surface area contributed by atoms with Crippen LogP contribution in [0.5, 0.6) is 5.75 Å². The summed E-state index contributed by atoms with van der Waals surface area (Å²) < 4.78 is 5.97. The highest BCUT2D eigenvalue weighted by atomic mass is 16.5. The minimum Gasteiger partial charge on any atom is -0.508 e. The van der Waals surface area contributed by atoms with Gasteiger partial charge in [-0.05, 0) is 61.8 Å². The van der Waals surface area contributed by atoms with Crippen LogP contribution in [0.25, 0.3) is 0 Å². The molecule has 0 aliphatic heterocycles. The summed E-state index contributed by atoms with van der Waals surface area (Å²) in [5.41, 5.74) is 0.723. The topological polar surface area (TPSA) is 66.8 Å². The number of benzene rings is 1. The van der Waals surface area contributed by atoms with Gasteiger partial charge < -0.3 is 14.9 Å². The van der Waals surface area contributed by atoms with E-state index in [1.807, 2.05) is 0 Å². The number of carbonyl (C=O) groups excluding carboxylic acids is 1. The quantitative estimate of drug-likeness (QED) is 0.618. The predicted octanol–water partition coefficient (Wildman–Crippen LogP) is 4.46. The van der Waals surface area contributed by atoms with E-state index in [2.05, 4.69) is 33.8 Å². The molecular formula is C22H30O4. The van der Waals surface area contributed by atoms with Gasteiger partial charge >= 0.3 is 5.97 Å². The molecule has 0 amide bonds. The van der Waals surface area contributed by atoms with Crippen molar-refractivity contribution in [1.82, 2.24) is 0 Å². The van der Waals surface area contributed by atoms with Crippen LogP contribution in [0.2, 0.25) is 0 Å². The molecule has 2 aliphatic rings. The van der Waals surface area contributed by atoms with Crippen molar-refractivity contribution in [3.8, 4) is 5.75 Å². The van der Waals surface area contributed by atoms with Crippen molar-refractivity contribution in [2.75, 3.05) is 0 Å². The molecule has 0 aromatic heterocycles. The summed E-state index contributed by atoms with van der Waals surface area (Å²) in [6, 6.07) is 6.11. The van der Waals surface area contributed by atoms with Crippen molar-refractivity contribution in [2.24, 2.45) is 17.3 Å². The van der Waals surface area contributed by atoms with Crippen LogP contribution in [0.3, 0.4) is 0 Å². The Morgan fingerprint density at radius 1 is 1.23 bits per heavy atom. The fourth-order valence-corrected chi connectivity index (χ4v) is 4.89. The van der Waals surface area contributed by atoms with Gasteiger partial charge in [-0.2, -0.15) is 0 Å². The third-order valence-corrected chi connectivity index (χ3v) is 6.56. The van der Waals surface area contributed by atoms with Crippen molar-refractivity contribution in [1.29, 1.82) is 0 Å². The number of phenolic OH excluding ortho intramolecular Hbond substituents is 1. The molecule has 0 spiro atoms. The first-order valence-corrected chi connectivity index (χ1v) is 9.54. The number of aromatic hydroxyl groups is 1.